The Kier molecular flexibility index (Phi) is 4.46. The van der Waals surface area contributed by atoms with Crippen molar-refractivity contribution in [2.45, 2.75) is 18.6 Å². The van der Waals surface area contributed by atoms with Crippen LogP contribution in [0.1, 0.15) is 12.5 Å². The van der Waals surface area contributed by atoms with Crippen LogP contribution in [-0.2, 0) is 11.2 Å². The molecule has 0 bridgehead atoms. The summed E-state index contributed by atoms with van der Waals surface area (Å²) in [6.07, 6.45) is 0.964. The van der Waals surface area contributed by atoms with Crippen molar-refractivity contribution in [3.05, 3.63) is 48.0 Å². The van der Waals surface area contributed by atoms with E-state index < -0.39 is 0 Å². The van der Waals surface area contributed by atoms with Crippen LogP contribution in [0.15, 0.2) is 42.5 Å². The molecule has 2 aromatic carbocycles. The van der Waals surface area contributed by atoms with Gasteiger partial charge in [-0.15, -0.1) is 0 Å². The second-order valence-corrected chi connectivity index (χ2v) is 5.24. The highest BCUT2D eigenvalue weighted by molar-refractivity contribution is 7.80. The molecule has 2 aromatic rings. The molecule has 0 radical (unpaired) electrons. The van der Waals surface area contributed by atoms with Crippen LogP contribution < -0.4 is 0 Å². The molecular formula is C15H18OS. The predicted octanol–water partition coefficient (Wildman–Crippen LogP) is 3.72. The molecule has 0 N–H and O–H groups in total. The van der Waals surface area contributed by atoms with Gasteiger partial charge in [0.05, 0.1) is 13.2 Å². The smallest absolute Gasteiger partial charge is 0.0579 e. The van der Waals surface area contributed by atoms with Crippen LogP contribution in [0, 0.1) is 0 Å². The second-order valence-electron chi connectivity index (χ2n) is 4.36. The molecule has 0 saturated carbocycles. The minimum atomic E-state index is 0.312. The van der Waals surface area contributed by atoms with E-state index in [0.29, 0.717) is 5.25 Å². The summed E-state index contributed by atoms with van der Waals surface area (Å²) in [6.45, 7) is 3.53. The minimum absolute atomic E-state index is 0.312. The van der Waals surface area contributed by atoms with Gasteiger partial charge in [0.15, 0.2) is 0 Å². The molecule has 0 saturated heterocycles. The lowest BCUT2D eigenvalue weighted by molar-refractivity contribution is 0.141. The van der Waals surface area contributed by atoms with Gasteiger partial charge in [0.2, 0.25) is 0 Å². The number of benzene rings is 2. The Morgan fingerprint density at radius 1 is 1.12 bits per heavy atom. The first-order valence-corrected chi connectivity index (χ1v) is 6.51. The third-order valence-electron chi connectivity index (χ3n) is 2.71. The van der Waals surface area contributed by atoms with Crippen molar-refractivity contribution in [1.82, 2.24) is 0 Å². The molecule has 0 fully saturated rings. The van der Waals surface area contributed by atoms with Crippen LogP contribution in [-0.4, -0.2) is 18.5 Å². The molecule has 2 rings (SSSR count). The summed E-state index contributed by atoms with van der Waals surface area (Å²) in [4.78, 5) is 0. The van der Waals surface area contributed by atoms with Gasteiger partial charge in [-0.25, -0.2) is 0 Å². The summed E-state index contributed by atoms with van der Waals surface area (Å²) < 4.78 is 5.53. The van der Waals surface area contributed by atoms with Crippen molar-refractivity contribution in [3.63, 3.8) is 0 Å². The minimum Gasteiger partial charge on any atom is -0.380 e. The second kappa shape index (κ2) is 6.08. The fraction of sp³-hybridized carbons (Fsp3) is 0.333. The summed E-state index contributed by atoms with van der Waals surface area (Å²) >= 11 is 4.28. The van der Waals surface area contributed by atoms with E-state index in [0.717, 1.165) is 19.6 Å². The van der Waals surface area contributed by atoms with E-state index in [1.54, 1.807) is 0 Å². The van der Waals surface area contributed by atoms with Crippen molar-refractivity contribution < 1.29 is 4.74 Å². The number of rotatable bonds is 5. The van der Waals surface area contributed by atoms with E-state index >= 15 is 0 Å². The van der Waals surface area contributed by atoms with Gasteiger partial charge in [-0.2, -0.15) is 12.6 Å². The van der Waals surface area contributed by atoms with Crippen molar-refractivity contribution in [1.29, 1.82) is 0 Å². The topological polar surface area (TPSA) is 9.23 Å². The van der Waals surface area contributed by atoms with Crippen molar-refractivity contribution in [3.8, 4) is 0 Å². The number of ether oxygens (including phenoxy) is 1. The Balaban J connectivity index is 1.95. The summed E-state index contributed by atoms with van der Waals surface area (Å²) in [7, 11) is 0. The van der Waals surface area contributed by atoms with Crippen LogP contribution in [0.5, 0.6) is 0 Å². The average molecular weight is 246 g/mol. The molecule has 17 heavy (non-hydrogen) atoms. The number of fused-ring (bicyclic) bond motifs is 1. The zero-order valence-corrected chi connectivity index (χ0v) is 11.0. The molecule has 0 spiro atoms. The largest absolute Gasteiger partial charge is 0.380 e. The Morgan fingerprint density at radius 3 is 2.65 bits per heavy atom. The SMILES string of the molecule is CC(S)COCCc1ccc2ccccc2c1. The van der Waals surface area contributed by atoms with Crippen molar-refractivity contribution in [2.24, 2.45) is 0 Å². The fourth-order valence-electron chi connectivity index (χ4n) is 1.84. The van der Waals surface area contributed by atoms with Gasteiger partial charge in [-0.1, -0.05) is 49.4 Å². The highest BCUT2D eigenvalue weighted by Gasteiger charge is 1.98. The summed E-state index contributed by atoms with van der Waals surface area (Å²) in [5, 5.41) is 2.90. The van der Waals surface area contributed by atoms with Gasteiger partial charge in [0.25, 0.3) is 0 Å². The summed E-state index contributed by atoms with van der Waals surface area (Å²) in [5.41, 5.74) is 1.33. The van der Waals surface area contributed by atoms with E-state index in [-0.39, 0.29) is 0 Å². The number of hydrogen-bond donors (Lipinski definition) is 1. The molecule has 0 aliphatic rings. The first-order valence-electron chi connectivity index (χ1n) is 5.99. The van der Waals surface area contributed by atoms with Gasteiger partial charge in [-0.05, 0) is 22.8 Å². The molecule has 0 aliphatic carbocycles. The maximum atomic E-state index is 5.53. The standard InChI is InChI=1S/C15H18OS/c1-12(17)11-16-9-8-13-6-7-14-4-2-3-5-15(14)10-13/h2-7,10,12,17H,8-9,11H2,1H3. The molecule has 1 nitrogen and oxygen atoms in total. The third kappa shape index (κ3) is 3.76. The zero-order chi connectivity index (χ0) is 12.1. The van der Waals surface area contributed by atoms with E-state index in [1.807, 2.05) is 6.92 Å². The lowest BCUT2D eigenvalue weighted by atomic mass is 10.1. The van der Waals surface area contributed by atoms with E-state index in [2.05, 4.69) is 55.1 Å². The van der Waals surface area contributed by atoms with E-state index in [4.69, 9.17) is 4.74 Å². The van der Waals surface area contributed by atoms with Crippen LogP contribution in [0.2, 0.25) is 0 Å². The molecular weight excluding hydrogens is 228 g/mol. The van der Waals surface area contributed by atoms with Crippen LogP contribution in [0.4, 0.5) is 0 Å². The van der Waals surface area contributed by atoms with Crippen LogP contribution in [0.3, 0.4) is 0 Å². The molecule has 90 valence electrons. The molecule has 1 unspecified atom stereocenters. The Labute approximate surface area is 108 Å². The Bertz CT molecular complexity index is 479. The Morgan fingerprint density at radius 2 is 1.88 bits per heavy atom. The molecule has 0 aromatic heterocycles. The first-order chi connectivity index (χ1) is 8.25. The highest BCUT2D eigenvalue weighted by atomic mass is 32.1. The monoisotopic (exact) mass is 246 g/mol. The predicted molar refractivity (Wildman–Crippen MR) is 76.9 cm³/mol. The van der Waals surface area contributed by atoms with Gasteiger partial charge < -0.3 is 4.74 Å². The maximum absolute atomic E-state index is 5.53. The highest BCUT2D eigenvalue weighted by Crippen LogP contribution is 2.15. The molecule has 0 heterocycles. The van der Waals surface area contributed by atoms with Gasteiger partial charge in [0.1, 0.15) is 0 Å². The molecule has 0 aliphatic heterocycles. The summed E-state index contributed by atoms with van der Waals surface area (Å²) in [6, 6.07) is 15.0. The lowest BCUT2D eigenvalue weighted by Crippen LogP contribution is -2.07. The normalized spacial score (nSPS) is 12.8. The number of thiol groups is 1. The van der Waals surface area contributed by atoms with Gasteiger partial charge >= 0.3 is 0 Å². The van der Waals surface area contributed by atoms with E-state index in [9.17, 15) is 0 Å². The van der Waals surface area contributed by atoms with Gasteiger partial charge in [0, 0.05) is 5.25 Å². The quantitative estimate of drug-likeness (QED) is 0.625. The Hall–Kier alpha value is -0.990. The summed E-state index contributed by atoms with van der Waals surface area (Å²) in [5.74, 6) is 0. The van der Waals surface area contributed by atoms with Crippen LogP contribution >= 0.6 is 12.6 Å². The average Bonchev–Trinajstić information content (AvgIpc) is 2.34. The number of hydrogen-bond acceptors (Lipinski definition) is 2. The lowest BCUT2D eigenvalue weighted by Gasteiger charge is -2.07. The van der Waals surface area contributed by atoms with E-state index in [1.165, 1.54) is 16.3 Å². The molecule has 1 atom stereocenters. The van der Waals surface area contributed by atoms with Crippen molar-refractivity contribution in [2.75, 3.05) is 13.2 Å². The first kappa shape index (κ1) is 12.5. The fourth-order valence-corrected chi connectivity index (χ4v) is 1.94. The van der Waals surface area contributed by atoms with Crippen LogP contribution in [0.25, 0.3) is 10.8 Å². The molecule has 2 heteroatoms. The molecule has 0 amide bonds. The van der Waals surface area contributed by atoms with Crippen molar-refractivity contribution >= 4 is 23.4 Å². The maximum Gasteiger partial charge on any atom is 0.0579 e. The third-order valence-corrected chi connectivity index (χ3v) is 2.86. The van der Waals surface area contributed by atoms with Gasteiger partial charge in [-0.3, -0.25) is 0 Å². The zero-order valence-electron chi connectivity index (χ0n) is 10.1.